The average molecular weight is 279 g/mol. The van der Waals surface area contributed by atoms with Crippen LogP contribution in [0.2, 0.25) is 0 Å². The molecular weight excluding hydrogens is 266 g/mol. The second kappa shape index (κ2) is 5.13. The molecule has 3 aromatic rings. The van der Waals surface area contributed by atoms with Gasteiger partial charge in [-0.3, -0.25) is 9.78 Å². The molecule has 2 aromatic carbocycles. The van der Waals surface area contributed by atoms with Crippen LogP contribution in [0.15, 0.2) is 54.7 Å². The van der Waals surface area contributed by atoms with Crippen molar-refractivity contribution >= 4 is 22.5 Å². The fourth-order valence-corrected chi connectivity index (χ4v) is 2.10. The van der Waals surface area contributed by atoms with Crippen LogP contribution in [0.25, 0.3) is 10.9 Å². The molecule has 1 amide bonds. The second-order valence-electron chi connectivity index (χ2n) is 4.56. The van der Waals surface area contributed by atoms with Gasteiger partial charge in [0.1, 0.15) is 11.3 Å². The molecule has 1 aromatic heterocycles. The van der Waals surface area contributed by atoms with Gasteiger partial charge in [0.25, 0.3) is 5.91 Å². The second-order valence-corrected chi connectivity index (χ2v) is 4.56. The highest BCUT2D eigenvalue weighted by atomic mass is 16.5. The minimum atomic E-state index is -0.591. The predicted octanol–water partition coefficient (Wildman–Crippen LogP) is 2.71. The number of rotatable bonds is 3. The Kier molecular flexibility index (Phi) is 3.16. The van der Waals surface area contributed by atoms with Gasteiger partial charge in [0.05, 0.1) is 5.52 Å². The lowest BCUT2D eigenvalue weighted by Gasteiger charge is -2.12. The number of anilines is 1. The first-order valence-electron chi connectivity index (χ1n) is 6.36. The van der Waals surface area contributed by atoms with Crippen molar-refractivity contribution in [2.45, 2.75) is 0 Å². The molecule has 0 aliphatic rings. The Morgan fingerprint density at radius 3 is 2.67 bits per heavy atom. The molecule has 0 spiro atoms. The van der Waals surface area contributed by atoms with Gasteiger partial charge in [0.15, 0.2) is 5.75 Å². The third kappa shape index (κ3) is 2.49. The number of nitrogens with zero attached hydrogens (tertiary/aromatic N) is 1. The monoisotopic (exact) mass is 279 g/mol. The first-order chi connectivity index (χ1) is 10.1. The highest BCUT2D eigenvalue weighted by molar-refractivity contribution is 6.01. The molecule has 21 heavy (non-hydrogen) atoms. The molecule has 1 heterocycles. The maximum absolute atomic E-state index is 11.6. The summed E-state index contributed by atoms with van der Waals surface area (Å²) in [4.78, 5) is 15.8. The third-order valence-corrected chi connectivity index (χ3v) is 3.07. The number of para-hydroxylation sites is 1. The van der Waals surface area contributed by atoms with E-state index in [-0.39, 0.29) is 5.56 Å². The van der Waals surface area contributed by atoms with E-state index >= 15 is 0 Å². The van der Waals surface area contributed by atoms with E-state index in [1.807, 2.05) is 24.3 Å². The van der Waals surface area contributed by atoms with E-state index in [4.69, 9.17) is 16.2 Å². The third-order valence-electron chi connectivity index (χ3n) is 3.07. The van der Waals surface area contributed by atoms with Gasteiger partial charge >= 0.3 is 0 Å². The van der Waals surface area contributed by atoms with E-state index in [2.05, 4.69) is 4.98 Å². The number of aromatic nitrogens is 1. The molecule has 5 heteroatoms. The van der Waals surface area contributed by atoms with Gasteiger partial charge in [-0.25, -0.2) is 0 Å². The number of fused-ring (bicyclic) bond motifs is 1. The summed E-state index contributed by atoms with van der Waals surface area (Å²) < 4.78 is 5.84. The molecule has 3 rings (SSSR count). The zero-order valence-electron chi connectivity index (χ0n) is 11.1. The van der Waals surface area contributed by atoms with Crippen molar-refractivity contribution in [1.29, 1.82) is 0 Å². The maximum Gasteiger partial charge on any atom is 0.254 e. The van der Waals surface area contributed by atoms with Crippen LogP contribution in [0.3, 0.4) is 0 Å². The number of ether oxygens (including phenoxy) is 1. The molecule has 0 aliphatic carbocycles. The molecule has 0 fully saturated rings. The molecule has 0 saturated carbocycles. The van der Waals surface area contributed by atoms with Crippen molar-refractivity contribution < 1.29 is 9.53 Å². The van der Waals surface area contributed by atoms with Crippen molar-refractivity contribution in [3.8, 4) is 11.5 Å². The first kappa shape index (κ1) is 12.9. The van der Waals surface area contributed by atoms with E-state index in [1.165, 1.54) is 6.20 Å². The molecule has 0 atom stereocenters. The summed E-state index contributed by atoms with van der Waals surface area (Å²) in [7, 11) is 0. The summed E-state index contributed by atoms with van der Waals surface area (Å²) in [6, 6.07) is 14.4. The van der Waals surface area contributed by atoms with E-state index in [1.54, 1.807) is 24.3 Å². The number of hydrogen-bond donors (Lipinski definition) is 2. The Labute approximate surface area is 121 Å². The zero-order valence-corrected chi connectivity index (χ0v) is 11.1. The van der Waals surface area contributed by atoms with Crippen LogP contribution in [-0.2, 0) is 0 Å². The van der Waals surface area contributed by atoms with Crippen LogP contribution in [0.4, 0.5) is 5.69 Å². The summed E-state index contributed by atoms with van der Waals surface area (Å²) in [5, 5.41) is 0.719. The van der Waals surface area contributed by atoms with Crippen molar-refractivity contribution in [1.82, 2.24) is 4.98 Å². The van der Waals surface area contributed by atoms with Crippen molar-refractivity contribution in [2.24, 2.45) is 5.73 Å². The summed E-state index contributed by atoms with van der Waals surface area (Å²) >= 11 is 0. The van der Waals surface area contributed by atoms with Gasteiger partial charge in [-0.05, 0) is 24.3 Å². The van der Waals surface area contributed by atoms with Crippen LogP contribution in [0.5, 0.6) is 11.5 Å². The van der Waals surface area contributed by atoms with Crippen molar-refractivity contribution in [2.75, 3.05) is 5.73 Å². The van der Waals surface area contributed by atoms with Crippen LogP contribution < -0.4 is 16.2 Å². The van der Waals surface area contributed by atoms with Gasteiger partial charge in [0, 0.05) is 23.3 Å². The lowest BCUT2D eigenvalue weighted by atomic mass is 10.1. The number of nitrogens with two attached hydrogens (primary N) is 2. The van der Waals surface area contributed by atoms with Crippen molar-refractivity contribution in [3.05, 3.63) is 60.3 Å². The number of primary amides is 1. The maximum atomic E-state index is 11.6. The Morgan fingerprint density at radius 1 is 1.10 bits per heavy atom. The minimum absolute atomic E-state index is 0.233. The predicted molar refractivity (Wildman–Crippen MR) is 81.2 cm³/mol. The summed E-state index contributed by atoms with van der Waals surface area (Å²) in [5.41, 5.74) is 12.7. The largest absolute Gasteiger partial charge is 0.456 e. The quantitative estimate of drug-likeness (QED) is 0.721. The molecular formula is C16H13N3O2. The van der Waals surface area contributed by atoms with Gasteiger partial charge < -0.3 is 16.2 Å². The normalized spacial score (nSPS) is 10.5. The smallest absolute Gasteiger partial charge is 0.254 e. The SMILES string of the molecule is NC(=O)c1cnc2ccccc2c1Oc1cccc(N)c1. The van der Waals surface area contributed by atoms with Crippen LogP contribution in [0.1, 0.15) is 10.4 Å². The molecule has 104 valence electrons. The minimum Gasteiger partial charge on any atom is -0.456 e. The lowest BCUT2D eigenvalue weighted by Crippen LogP contribution is -2.13. The molecule has 0 unspecified atom stereocenters. The summed E-state index contributed by atoms with van der Waals surface area (Å²) in [6.45, 7) is 0. The number of nitrogen functional groups attached to an aromatic ring is 1. The number of carbonyl (C=O) groups excluding carboxylic acids is 1. The molecule has 0 radical (unpaired) electrons. The number of pyridine rings is 1. The number of carbonyl (C=O) groups is 1. The van der Waals surface area contributed by atoms with Gasteiger partial charge in [0.2, 0.25) is 0 Å². The lowest BCUT2D eigenvalue weighted by molar-refractivity contribution is 0.0998. The van der Waals surface area contributed by atoms with E-state index in [0.717, 1.165) is 10.9 Å². The Morgan fingerprint density at radius 2 is 1.90 bits per heavy atom. The zero-order chi connectivity index (χ0) is 14.8. The van der Waals surface area contributed by atoms with Gasteiger partial charge in [-0.15, -0.1) is 0 Å². The van der Waals surface area contributed by atoms with E-state index in [0.29, 0.717) is 17.2 Å². The first-order valence-corrected chi connectivity index (χ1v) is 6.36. The average Bonchev–Trinajstić information content (AvgIpc) is 2.47. The topological polar surface area (TPSA) is 91.2 Å². The number of benzene rings is 2. The molecule has 0 aliphatic heterocycles. The number of amides is 1. The Bertz CT molecular complexity index is 831. The molecule has 4 N–H and O–H groups in total. The fourth-order valence-electron chi connectivity index (χ4n) is 2.10. The van der Waals surface area contributed by atoms with Gasteiger partial charge in [-0.1, -0.05) is 18.2 Å². The molecule has 0 bridgehead atoms. The summed E-state index contributed by atoms with van der Waals surface area (Å²) in [5.74, 6) is 0.333. The van der Waals surface area contributed by atoms with Crippen molar-refractivity contribution in [3.63, 3.8) is 0 Å². The Balaban J connectivity index is 2.18. The number of hydrogen-bond acceptors (Lipinski definition) is 4. The highest BCUT2D eigenvalue weighted by Gasteiger charge is 2.15. The van der Waals surface area contributed by atoms with E-state index < -0.39 is 5.91 Å². The fraction of sp³-hybridized carbons (Fsp3) is 0. The molecule has 0 saturated heterocycles. The van der Waals surface area contributed by atoms with E-state index in [9.17, 15) is 4.79 Å². The summed E-state index contributed by atoms with van der Waals surface area (Å²) in [6.07, 6.45) is 1.42. The van der Waals surface area contributed by atoms with Crippen LogP contribution >= 0.6 is 0 Å². The molecule has 5 nitrogen and oxygen atoms in total. The standard InChI is InChI=1S/C16H13N3O2/c17-10-4-3-5-11(8-10)21-15-12-6-1-2-7-14(12)19-9-13(15)16(18)20/h1-9H,17H2,(H2,18,20). The Hall–Kier alpha value is -3.08. The highest BCUT2D eigenvalue weighted by Crippen LogP contribution is 2.32. The van der Waals surface area contributed by atoms with Crippen LogP contribution in [0, 0.1) is 0 Å². The van der Waals surface area contributed by atoms with Gasteiger partial charge in [-0.2, -0.15) is 0 Å². The van der Waals surface area contributed by atoms with Crippen LogP contribution in [-0.4, -0.2) is 10.9 Å².